The van der Waals surface area contributed by atoms with Crippen molar-refractivity contribution in [2.75, 3.05) is 18.9 Å². The molecule has 144 valence electrons. The lowest BCUT2D eigenvalue weighted by atomic mass is 10.1. The molecular weight excluding hydrogens is 378 g/mol. The monoisotopic (exact) mass is 397 g/mol. The number of benzene rings is 3. The number of sulfonamides is 1. The first-order chi connectivity index (χ1) is 13.3. The predicted octanol–water partition coefficient (Wildman–Crippen LogP) is 2.20. The zero-order valence-electron chi connectivity index (χ0n) is 15.1. The van der Waals surface area contributed by atoms with Gasteiger partial charge >= 0.3 is 0 Å². The van der Waals surface area contributed by atoms with Gasteiger partial charge in [-0.05, 0) is 35.0 Å². The van der Waals surface area contributed by atoms with Crippen LogP contribution >= 0.6 is 0 Å². The second-order valence-corrected chi connectivity index (χ2v) is 8.27. The predicted molar refractivity (Wildman–Crippen MR) is 107 cm³/mol. The van der Waals surface area contributed by atoms with Crippen molar-refractivity contribution in [3.8, 4) is 0 Å². The van der Waals surface area contributed by atoms with Gasteiger partial charge < -0.3 is 11.1 Å². The van der Waals surface area contributed by atoms with Gasteiger partial charge in [-0.1, -0.05) is 42.5 Å². The fourth-order valence-corrected chi connectivity index (χ4v) is 3.95. The Morgan fingerprint density at radius 3 is 2.32 bits per heavy atom. The molecule has 0 aliphatic carbocycles. The molecule has 0 radical (unpaired) electrons. The van der Waals surface area contributed by atoms with Gasteiger partial charge in [-0.3, -0.25) is 9.59 Å². The van der Waals surface area contributed by atoms with Crippen molar-refractivity contribution in [2.24, 2.45) is 5.73 Å². The van der Waals surface area contributed by atoms with Crippen LogP contribution in [0.5, 0.6) is 0 Å². The van der Waals surface area contributed by atoms with Gasteiger partial charge in [-0.25, -0.2) is 8.42 Å². The van der Waals surface area contributed by atoms with Gasteiger partial charge in [0.25, 0.3) is 5.91 Å². The van der Waals surface area contributed by atoms with Gasteiger partial charge in [0.15, 0.2) is 0 Å². The van der Waals surface area contributed by atoms with Gasteiger partial charge in [0, 0.05) is 7.05 Å². The Hall–Kier alpha value is -3.23. The van der Waals surface area contributed by atoms with Crippen molar-refractivity contribution < 1.29 is 18.0 Å². The lowest BCUT2D eigenvalue weighted by Crippen LogP contribution is -2.35. The Kier molecular flexibility index (Phi) is 5.43. The lowest BCUT2D eigenvalue weighted by Gasteiger charge is -2.18. The summed E-state index contributed by atoms with van der Waals surface area (Å²) in [6.07, 6.45) is 0. The highest BCUT2D eigenvalue weighted by Crippen LogP contribution is 2.21. The first kappa shape index (κ1) is 19.5. The molecule has 0 atom stereocenters. The fraction of sp³-hybridized carbons (Fsp3) is 0.100. The number of carbonyl (C=O) groups excluding carboxylic acids is 2. The smallest absolute Gasteiger partial charge is 0.250 e. The number of fused-ring (bicyclic) bond motifs is 1. The highest BCUT2D eigenvalue weighted by atomic mass is 32.2. The number of hydrogen-bond donors (Lipinski definition) is 2. The van der Waals surface area contributed by atoms with E-state index in [1.54, 1.807) is 24.3 Å². The molecule has 0 aromatic heterocycles. The molecule has 7 nitrogen and oxygen atoms in total. The topological polar surface area (TPSA) is 110 Å². The summed E-state index contributed by atoms with van der Waals surface area (Å²) in [5.74, 6) is -1.27. The molecule has 3 rings (SSSR count). The van der Waals surface area contributed by atoms with Crippen LogP contribution in [0, 0.1) is 0 Å². The van der Waals surface area contributed by atoms with Gasteiger partial charge in [0.2, 0.25) is 15.9 Å². The van der Waals surface area contributed by atoms with Crippen LogP contribution in [0.4, 0.5) is 5.69 Å². The number of nitrogens with one attached hydrogen (secondary N) is 1. The summed E-state index contributed by atoms with van der Waals surface area (Å²) in [5, 5.41) is 4.24. The first-order valence-electron chi connectivity index (χ1n) is 8.43. The van der Waals surface area contributed by atoms with Crippen LogP contribution in [-0.4, -0.2) is 38.1 Å². The molecule has 0 aliphatic rings. The van der Waals surface area contributed by atoms with Crippen molar-refractivity contribution in [1.82, 2.24) is 4.31 Å². The van der Waals surface area contributed by atoms with Crippen LogP contribution in [-0.2, 0) is 14.8 Å². The minimum Gasteiger partial charge on any atom is -0.366 e. The Morgan fingerprint density at radius 2 is 1.61 bits per heavy atom. The van der Waals surface area contributed by atoms with Crippen LogP contribution in [0.3, 0.4) is 0 Å². The Morgan fingerprint density at radius 1 is 0.964 bits per heavy atom. The zero-order chi connectivity index (χ0) is 20.3. The highest BCUT2D eigenvalue weighted by Gasteiger charge is 2.23. The SMILES string of the molecule is CN(CC(=O)Nc1ccccc1C(N)=O)S(=O)(=O)c1ccc2ccccc2c1. The minimum absolute atomic E-state index is 0.0963. The quantitative estimate of drug-likeness (QED) is 0.664. The van der Waals surface area contributed by atoms with Gasteiger partial charge in [0.1, 0.15) is 0 Å². The number of para-hydroxylation sites is 1. The number of amides is 2. The molecule has 0 bridgehead atoms. The third kappa shape index (κ3) is 4.03. The largest absolute Gasteiger partial charge is 0.366 e. The average molecular weight is 397 g/mol. The van der Waals surface area contributed by atoms with E-state index in [2.05, 4.69) is 5.32 Å². The molecule has 3 aromatic rings. The van der Waals surface area contributed by atoms with Crippen molar-refractivity contribution in [3.05, 3.63) is 72.3 Å². The first-order valence-corrected chi connectivity index (χ1v) is 9.87. The second kappa shape index (κ2) is 7.79. The molecule has 8 heteroatoms. The molecule has 28 heavy (non-hydrogen) atoms. The summed E-state index contributed by atoms with van der Waals surface area (Å²) in [5.41, 5.74) is 5.67. The maximum absolute atomic E-state index is 12.8. The third-order valence-electron chi connectivity index (χ3n) is 4.26. The maximum atomic E-state index is 12.8. The summed E-state index contributed by atoms with van der Waals surface area (Å²) >= 11 is 0. The molecule has 3 aromatic carbocycles. The number of nitrogens with zero attached hydrogens (tertiary/aromatic N) is 1. The Bertz CT molecular complexity index is 1160. The molecule has 0 unspecified atom stereocenters. The summed E-state index contributed by atoms with van der Waals surface area (Å²) < 4.78 is 26.6. The van der Waals surface area contributed by atoms with Crippen LogP contribution in [0.25, 0.3) is 10.8 Å². The molecule has 0 saturated heterocycles. The average Bonchev–Trinajstić information content (AvgIpc) is 2.67. The van der Waals surface area contributed by atoms with Gasteiger partial charge in [0.05, 0.1) is 22.7 Å². The lowest BCUT2D eigenvalue weighted by molar-refractivity contribution is -0.116. The van der Waals surface area contributed by atoms with Crippen molar-refractivity contribution in [3.63, 3.8) is 0 Å². The number of anilines is 1. The number of hydrogen-bond acceptors (Lipinski definition) is 4. The van der Waals surface area contributed by atoms with E-state index in [9.17, 15) is 18.0 Å². The molecule has 2 amide bonds. The normalized spacial score (nSPS) is 11.5. The van der Waals surface area contributed by atoms with E-state index in [1.165, 1.54) is 25.2 Å². The van der Waals surface area contributed by atoms with Crippen molar-refractivity contribution >= 4 is 38.3 Å². The maximum Gasteiger partial charge on any atom is 0.250 e. The molecule has 3 N–H and O–H groups in total. The molecule has 0 saturated carbocycles. The molecule has 0 aliphatic heterocycles. The summed E-state index contributed by atoms with van der Waals surface area (Å²) in [4.78, 5) is 23.9. The minimum atomic E-state index is -3.86. The van der Waals surface area contributed by atoms with E-state index in [4.69, 9.17) is 5.73 Å². The van der Waals surface area contributed by atoms with E-state index in [1.807, 2.05) is 24.3 Å². The molecule has 0 fully saturated rings. The van der Waals surface area contributed by atoms with E-state index in [-0.39, 0.29) is 16.1 Å². The zero-order valence-corrected chi connectivity index (χ0v) is 15.9. The summed E-state index contributed by atoms with van der Waals surface area (Å²) in [6.45, 7) is -0.414. The van der Waals surface area contributed by atoms with Crippen molar-refractivity contribution in [1.29, 1.82) is 0 Å². The number of rotatable bonds is 6. The van der Waals surface area contributed by atoms with Crippen LogP contribution < -0.4 is 11.1 Å². The summed E-state index contributed by atoms with van der Waals surface area (Å²) in [7, 11) is -2.54. The second-order valence-electron chi connectivity index (χ2n) is 6.23. The van der Waals surface area contributed by atoms with Crippen LogP contribution in [0.2, 0.25) is 0 Å². The van der Waals surface area contributed by atoms with Crippen LogP contribution in [0.15, 0.2) is 71.6 Å². The van der Waals surface area contributed by atoms with Crippen LogP contribution in [0.1, 0.15) is 10.4 Å². The Labute approximate surface area is 162 Å². The van der Waals surface area contributed by atoms with E-state index >= 15 is 0 Å². The fourth-order valence-electron chi connectivity index (χ4n) is 2.79. The van der Waals surface area contributed by atoms with E-state index in [0.717, 1.165) is 15.1 Å². The number of likely N-dealkylation sites (N-methyl/N-ethyl adjacent to an activating group) is 1. The summed E-state index contributed by atoms with van der Waals surface area (Å²) in [6, 6.07) is 18.5. The molecule has 0 spiro atoms. The molecular formula is C20H19N3O4S. The highest BCUT2D eigenvalue weighted by molar-refractivity contribution is 7.89. The standard InChI is InChI=1S/C20H19N3O4S/c1-23(13-19(24)22-18-9-5-4-8-17(18)20(21)25)28(26,27)16-11-10-14-6-2-3-7-15(14)12-16/h2-12H,13H2,1H3,(H2,21,25)(H,22,24). The van der Waals surface area contributed by atoms with E-state index < -0.39 is 28.4 Å². The number of carbonyl (C=O) groups is 2. The number of nitrogens with two attached hydrogens (primary N) is 1. The van der Waals surface area contributed by atoms with Crippen molar-refractivity contribution in [2.45, 2.75) is 4.90 Å². The van der Waals surface area contributed by atoms with E-state index in [0.29, 0.717) is 0 Å². The van der Waals surface area contributed by atoms with Gasteiger partial charge in [-0.2, -0.15) is 4.31 Å². The third-order valence-corrected chi connectivity index (χ3v) is 6.06. The Balaban J connectivity index is 1.78. The number of primary amides is 1. The molecule has 0 heterocycles. The van der Waals surface area contributed by atoms with Gasteiger partial charge in [-0.15, -0.1) is 0 Å².